The number of methoxy groups -OCH3 is 1. The zero-order chi connectivity index (χ0) is 16.8. The molecule has 0 atom stereocenters. The van der Waals surface area contributed by atoms with Crippen LogP contribution in [0.25, 0.3) is 0 Å². The normalized spacial score (nSPS) is 15.6. The molecule has 0 unspecified atom stereocenters. The Hall–Kier alpha value is -1.21. The molecular weight excluding hydrogens is 353 g/mol. The van der Waals surface area contributed by atoms with Crippen molar-refractivity contribution in [2.24, 2.45) is 5.73 Å². The number of nitrogens with zero attached hydrogens (tertiary/aromatic N) is 1. The Morgan fingerprint density at radius 1 is 1.42 bits per heavy atom. The maximum Gasteiger partial charge on any atom is 0.255 e. The van der Waals surface area contributed by atoms with E-state index < -0.39 is 5.91 Å². The zero-order valence-electron chi connectivity index (χ0n) is 14.0. The third kappa shape index (κ3) is 5.70. The molecule has 1 aromatic carbocycles. The van der Waals surface area contributed by atoms with Gasteiger partial charge in [0.2, 0.25) is 0 Å². The summed E-state index contributed by atoms with van der Waals surface area (Å²) in [6.45, 7) is 2.67. The van der Waals surface area contributed by atoms with Gasteiger partial charge >= 0.3 is 0 Å². The van der Waals surface area contributed by atoms with Crippen molar-refractivity contribution < 1.29 is 14.3 Å². The lowest BCUT2D eigenvalue weighted by Crippen LogP contribution is -2.40. The van der Waals surface area contributed by atoms with Gasteiger partial charge in [-0.15, -0.1) is 12.4 Å². The van der Waals surface area contributed by atoms with Crippen LogP contribution < -0.4 is 20.5 Å². The molecule has 0 spiro atoms. The molecule has 1 amide bonds. The lowest BCUT2D eigenvalue weighted by atomic mass is 10.0. The Morgan fingerprint density at radius 3 is 2.62 bits per heavy atom. The van der Waals surface area contributed by atoms with Crippen molar-refractivity contribution in [3.05, 3.63) is 22.7 Å². The second kappa shape index (κ2) is 9.93. The van der Waals surface area contributed by atoms with Crippen LogP contribution in [0.15, 0.2) is 12.1 Å². The zero-order valence-corrected chi connectivity index (χ0v) is 15.6. The number of hydrogen-bond donors (Lipinski definition) is 2. The van der Waals surface area contributed by atoms with Gasteiger partial charge in [0.25, 0.3) is 5.91 Å². The van der Waals surface area contributed by atoms with Gasteiger partial charge in [-0.3, -0.25) is 9.69 Å². The molecule has 1 aliphatic rings. The average molecular weight is 378 g/mol. The lowest BCUT2D eigenvalue weighted by Gasteiger charge is -2.31. The Kier molecular flexibility index (Phi) is 8.62. The molecule has 0 radical (unpaired) electrons. The highest BCUT2D eigenvalue weighted by Crippen LogP contribution is 2.36. The minimum Gasteiger partial charge on any atom is -0.493 e. The number of ether oxygens (including phenoxy) is 2. The first-order chi connectivity index (χ1) is 11.0. The summed E-state index contributed by atoms with van der Waals surface area (Å²) >= 11 is 6.27. The van der Waals surface area contributed by atoms with Crippen LogP contribution in [-0.4, -0.2) is 50.7 Å². The number of carbonyl (C=O) groups excluding carboxylic acids is 1. The van der Waals surface area contributed by atoms with E-state index in [1.807, 2.05) is 19.2 Å². The van der Waals surface area contributed by atoms with E-state index in [-0.39, 0.29) is 19.0 Å². The fourth-order valence-corrected chi connectivity index (χ4v) is 3.07. The quantitative estimate of drug-likeness (QED) is 0.757. The number of primary amides is 1. The van der Waals surface area contributed by atoms with Crippen LogP contribution in [-0.2, 0) is 11.3 Å². The molecule has 0 aliphatic carbocycles. The Labute approximate surface area is 154 Å². The third-order valence-electron chi connectivity index (χ3n) is 4.05. The predicted octanol–water partition coefficient (Wildman–Crippen LogP) is 1.82. The second-order valence-electron chi connectivity index (χ2n) is 5.70. The summed E-state index contributed by atoms with van der Waals surface area (Å²) in [5.41, 5.74) is 6.16. The minimum atomic E-state index is -0.556. The average Bonchev–Trinajstić information content (AvgIpc) is 2.54. The molecule has 3 N–H and O–H groups in total. The van der Waals surface area contributed by atoms with Gasteiger partial charge in [0.1, 0.15) is 0 Å². The van der Waals surface area contributed by atoms with Crippen LogP contribution in [0.1, 0.15) is 18.4 Å². The predicted molar refractivity (Wildman–Crippen MR) is 97.3 cm³/mol. The van der Waals surface area contributed by atoms with Crippen LogP contribution in [0.2, 0.25) is 5.02 Å². The van der Waals surface area contributed by atoms with Crippen LogP contribution in [0, 0.1) is 0 Å². The van der Waals surface area contributed by atoms with Gasteiger partial charge < -0.3 is 20.5 Å². The van der Waals surface area contributed by atoms with Crippen molar-refractivity contribution in [1.29, 1.82) is 0 Å². The standard InChI is InChI=1S/C16H24ClN3O3.ClH/c1-19-12-3-5-20(6-4-12)9-11-7-13(17)16(14(8-11)22-2)23-10-15(18)21;/h7-8,12,19H,3-6,9-10H2,1-2H3,(H2,18,21);1H. The fraction of sp³-hybridized carbons (Fsp3) is 0.562. The summed E-state index contributed by atoms with van der Waals surface area (Å²) in [5, 5.41) is 3.75. The van der Waals surface area contributed by atoms with E-state index >= 15 is 0 Å². The van der Waals surface area contributed by atoms with Gasteiger partial charge in [0.15, 0.2) is 18.1 Å². The van der Waals surface area contributed by atoms with Crippen molar-refractivity contribution in [3.8, 4) is 11.5 Å². The first-order valence-electron chi connectivity index (χ1n) is 7.70. The van der Waals surface area contributed by atoms with E-state index in [0.29, 0.717) is 22.6 Å². The molecular formula is C16H25Cl2N3O3. The molecule has 6 nitrogen and oxygen atoms in total. The van der Waals surface area contributed by atoms with Gasteiger partial charge in [0.05, 0.1) is 12.1 Å². The highest BCUT2D eigenvalue weighted by atomic mass is 35.5. The SMILES string of the molecule is CNC1CCN(Cc2cc(Cl)c(OCC(N)=O)c(OC)c2)CC1.Cl. The van der Waals surface area contributed by atoms with E-state index in [9.17, 15) is 4.79 Å². The lowest BCUT2D eigenvalue weighted by molar-refractivity contribution is -0.119. The van der Waals surface area contributed by atoms with E-state index in [2.05, 4.69) is 10.2 Å². The van der Waals surface area contributed by atoms with Crippen molar-refractivity contribution in [2.45, 2.75) is 25.4 Å². The smallest absolute Gasteiger partial charge is 0.255 e. The summed E-state index contributed by atoms with van der Waals surface area (Å²) in [5.74, 6) is 0.309. The number of carbonyl (C=O) groups is 1. The Bertz CT molecular complexity index is 550. The van der Waals surface area contributed by atoms with E-state index in [1.54, 1.807) is 7.11 Å². The molecule has 24 heavy (non-hydrogen) atoms. The molecule has 0 aromatic heterocycles. The molecule has 0 saturated carbocycles. The molecule has 2 rings (SSSR count). The summed E-state index contributed by atoms with van der Waals surface area (Å²) < 4.78 is 10.7. The number of likely N-dealkylation sites (tertiary alicyclic amines) is 1. The molecule has 1 saturated heterocycles. The molecule has 1 heterocycles. The molecule has 1 aliphatic heterocycles. The topological polar surface area (TPSA) is 76.8 Å². The van der Waals surface area contributed by atoms with Crippen molar-refractivity contribution in [2.75, 3.05) is 33.9 Å². The molecule has 8 heteroatoms. The van der Waals surface area contributed by atoms with Crippen molar-refractivity contribution in [1.82, 2.24) is 10.2 Å². The fourth-order valence-electron chi connectivity index (χ4n) is 2.79. The number of amides is 1. The van der Waals surface area contributed by atoms with Crippen molar-refractivity contribution >= 4 is 29.9 Å². The number of rotatable bonds is 7. The number of halogens is 2. The number of nitrogens with one attached hydrogen (secondary N) is 1. The van der Waals surface area contributed by atoms with Gasteiger partial charge in [-0.1, -0.05) is 11.6 Å². The highest BCUT2D eigenvalue weighted by Gasteiger charge is 2.19. The Morgan fingerprint density at radius 2 is 2.08 bits per heavy atom. The Balaban J connectivity index is 0.00000288. The van der Waals surface area contributed by atoms with E-state index in [1.165, 1.54) is 0 Å². The van der Waals surface area contributed by atoms with Gasteiger partial charge in [0, 0.05) is 12.6 Å². The van der Waals surface area contributed by atoms with Crippen molar-refractivity contribution in [3.63, 3.8) is 0 Å². The van der Waals surface area contributed by atoms with Crippen LogP contribution in [0.4, 0.5) is 0 Å². The number of piperidine rings is 1. The second-order valence-corrected chi connectivity index (χ2v) is 6.11. The van der Waals surface area contributed by atoms with Crippen LogP contribution in [0.3, 0.4) is 0 Å². The number of benzene rings is 1. The molecule has 1 aromatic rings. The summed E-state index contributed by atoms with van der Waals surface area (Å²) in [4.78, 5) is 13.3. The number of nitrogens with two attached hydrogens (primary N) is 1. The third-order valence-corrected chi connectivity index (χ3v) is 4.33. The maximum absolute atomic E-state index is 10.9. The largest absolute Gasteiger partial charge is 0.493 e. The highest BCUT2D eigenvalue weighted by molar-refractivity contribution is 6.32. The number of hydrogen-bond acceptors (Lipinski definition) is 5. The monoisotopic (exact) mass is 377 g/mol. The molecule has 0 bridgehead atoms. The molecule has 1 fully saturated rings. The first-order valence-corrected chi connectivity index (χ1v) is 8.08. The summed E-state index contributed by atoms with van der Waals surface area (Å²) in [6.07, 6.45) is 2.28. The van der Waals surface area contributed by atoms with Crippen LogP contribution in [0.5, 0.6) is 11.5 Å². The maximum atomic E-state index is 10.9. The van der Waals surface area contributed by atoms with E-state index in [0.717, 1.165) is 38.0 Å². The molecule has 136 valence electrons. The van der Waals surface area contributed by atoms with E-state index in [4.69, 9.17) is 26.8 Å². The summed E-state index contributed by atoms with van der Waals surface area (Å²) in [7, 11) is 3.56. The van der Waals surface area contributed by atoms with Gasteiger partial charge in [-0.25, -0.2) is 0 Å². The van der Waals surface area contributed by atoms with Crippen LogP contribution >= 0.6 is 24.0 Å². The first kappa shape index (κ1) is 20.8. The minimum absolute atomic E-state index is 0. The van der Waals surface area contributed by atoms with Gasteiger partial charge in [-0.05, 0) is 50.7 Å². The van der Waals surface area contributed by atoms with Gasteiger partial charge in [-0.2, -0.15) is 0 Å². The summed E-state index contributed by atoms with van der Waals surface area (Å²) in [6, 6.07) is 4.35.